The van der Waals surface area contributed by atoms with E-state index in [0.29, 0.717) is 10.4 Å². The number of nitrogen functional groups attached to an aromatic ring is 1. The standard InChI is InChI=1S/C11H9N3O4/c12-9-8(10(15)16)6-13-14(9)18-11(17)7-4-2-1-3-5-7/h1-6H,12H2,(H,15,16). The largest absolute Gasteiger partial charge is 0.477 e. The number of nitrogens with two attached hydrogens (primary N) is 1. The van der Waals surface area contributed by atoms with Crippen LogP contribution >= 0.6 is 0 Å². The van der Waals surface area contributed by atoms with Crippen LogP contribution in [0.5, 0.6) is 0 Å². The summed E-state index contributed by atoms with van der Waals surface area (Å²) >= 11 is 0. The number of aromatic carboxylic acids is 1. The van der Waals surface area contributed by atoms with Gasteiger partial charge in [-0.15, -0.1) is 5.10 Å². The quantitative estimate of drug-likeness (QED) is 0.814. The van der Waals surface area contributed by atoms with Gasteiger partial charge in [0.2, 0.25) is 0 Å². The summed E-state index contributed by atoms with van der Waals surface area (Å²) in [7, 11) is 0. The fourth-order valence-electron chi connectivity index (χ4n) is 1.28. The maximum atomic E-state index is 11.7. The van der Waals surface area contributed by atoms with Crippen LogP contribution in [0.25, 0.3) is 0 Å². The molecule has 0 saturated carbocycles. The van der Waals surface area contributed by atoms with E-state index in [1.807, 2.05) is 0 Å². The van der Waals surface area contributed by atoms with E-state index in [1.54, 1.807) is 30.3 Å². The normalized spacial score (nSPS) is 10.0. The molecule has 0 amide bonds. The molecule has 0 radical (unpaired) electrons. The van der Waals surface area contributed by atoms with Crippen molar-refractivity contribution in [2.45, 2.75) is 0 Å². The van der Waals surface area contributed by atoms with Crippen molar-refractivity contribution in [3.05, 3.63) is 47.7 Å². The zero-order valence-corrected chi connectivity index (χ0v) is 9.11. The first-order valence-electron chi connectivity index (χ1n) is 4.94. The van der Waals surface area contributed by atoms with Gasteiger partial charge in [-0.3, -0.25) is 0 Å². The van der Waals surface area contributed by atoms with Crippen LogP contribution < -0.4 is 10.6 Å². The molecule has 0 aliphatic carbocycles. The van der Waals surface area contributed by atoms with Crippen molar-refractivity contribution in [1.82, 2.24) is 9.94 Å². The third kappa shape index (κ3) is 2.14. The fourth-order valence-corrected chi connectivity index (χ4v) is 1.28. The van der Waals surface area contributed by atoms with Crippen molar-refractivity contribution < 1.29 is 19.5 Å². The van der Waals surface area contributed by atoms with E-state index in [2.05, 4.69) is 5.10 Å². The van der Waals surface area contributed by atoms with Crippen LogP contribution in [0.2, 0.25) is 0 Å². The Labute approximate surface area is 101 Å². The van der Waals surface area contributed by atoms with Gasteiger partial charge >= 0.3 is 11.9 Å². The number of carbonyl (C=O) groups excluding carboxylic acids is 1. The highest BCUT2D eigenvalue weighted by Gasteiger charge is 2.17. The number of carbonyl (C=O) groups is 2. The Balaban J connectivity index is 2.20. The maximum Gasteiger partial charge on any atom is 0.365 e. The first kappa shape index (κ1) is 11.6. The zero-order chi connectivity index (χ0) is 13.1. The topological polar surface area (TPSA) is 107 Å². The van der Waals surface area contributed by atoms with Gasteiger partial charge in [-0.25, -0.2) is 9.59 Å². The van der Waals surface area contributed by atoms with Crippen LogP contribution in [0.15, 0.2) is 36.5 Å². The molecule has 7 nitrogen and oxygen atoms in total. The molecule has 0 spiro atoms. The van der Waals surface area contributed by atoms with E-state index < -0.39 is 11.9 Å². The van der Waals surface area contributed by atoms with Gasteiger partial charge in [-0.2, -0.15) is 0 Å². The smallest absolute Gasteiger partial charge is 0.365 e. The highest BCUT2D eigenvalue weighted by Crippen LogP contribution is 2.10. The Morgan fingerprint density at radius 3 is 2.50 bits per heavy atom. The Hall–Kier alpha value is -2.83. The lowest BCUT2D eigenvalue weighted by molar-refractivity contribution is 0.0405. The number of hydrogen-bond donors (Lipinski definition) is 2. The summed E-state index contributed by atoms with van der Waals surface area (Å²) in [5.74, 6) is -2.16. The van der Waals surface area contributed by atoms with Crippen LogP contribution in [0.1, 0.15) is 20.7 Å². The van der Waals surface area contributed by atoms with E-state index in [1.165, 1.54) is 0 Å². The molecule has 7 heteroatoms. The summed E-state index contributed by atoms with van der Waals surface area (Å²) in [6.45, 7) is 0. The molecule has 0 aliphatic rings. The minimum absolute atomic E-state index is 0.226. The predicted molar refractivity (Wildman–Crippen MR) is 61.0 cm³/mol. The lowest BCUT2D eigenvalue weighted by Gasteiger charge is -2.04. The second-order valence-corrected chi connectivity index (χ2v) is 3.37. The first-order chi connectivity index (χ1) is 8.59. The van der Waals surface area contributed by atoms with Gasteiger partial charge in [0.05, 0.1) is 11.8 Å². The second kappa shape index (κ2) is 4.58. The number of carboxylic acid groups (broad SMARTS) is 1. The second-order valence-electron chi connectivity index (χ2n) is 3.37. The summed E-state index contributed by atoms with van der Waals surface area (Å²) in [5, 5.41) is 12.3. The van der Waals surface area contributed by atoms with Gasteiger partial charge in [-0.1, -0.05) is 23.0 Å². The minimum Gasteiger partial charge on any atom is -0.477 e. The van der Waals surface area contributed by atoms with E-state index >= 15 is 0 Å². The van der Waals surface area contributed by atoms with E-state index in [9.17, 15) is 9.59 Å². The van der Waals surface area contributed by atoms with Gasteiger partial charge < -0.3 is 15.7 Å². The summed E-state index contributed by atoms with van der Waals surface area (Å²) in [5.41, 5.74) is 5.56. The molecule has 0 atom stereocenters. The number of anilines is 1. The monoisotopic (exact) mass is 247 g/mol. The highest BCUT2D eigenvalue weighted by atomic mass is 16.7. The molecule has 0 saturated heterocycles. The molecule has 0 aliphatic heterocycles. The first-order valence-corrected chi connectivity index (χ1v) is 4.94. The van der Waals surface area contributed by atoms with E-state index in [-0.39, 0.29) is 11.4 Å². The summed E-state index contributed by atoms with van der Waals surface area (Å²) < 4.78 is 0. The van der Waals surface area contributed by atoms with Gasteiger partial charge in [0, 0.05) is 0 Å². The van der Waals surface area contributed by atoms with Gasteiger partial charge in [0.15, 0.2) is 5.82 Å². The predicted octanol–water partition coefficient (Wildman–Crippen LogP) is 0.432. The van der Waals surface area contributed by atoms with E-state index in [0.717, 1.165) is 6.20 Å². The number of nitrogens with zero attached hydrogens (tertiary/aromatic N) is 2. The number of rotatable bonds is 3. The van der Waals surface area contributed by atoms with Crippen LogP contribution in [0, 0.1) is 0 Å². The number of hydrogen-bond acceptors (Lipinski definition) is 5. The van der Waals surface area contributed by atoms with Crippen molar-refractivity contribution in [2.24, 2.45) is 0 Å². The number of aromatic nitrogens is 2. The highest BCUT2D eigenvalue weighted by molar-refractivity contribution is 5.93. The van der Waals surface area contributed by atoms with Crippen LogP contribution in [0.3, 0.4) is 0 Å². The molecule has 0 fully saturated rings. The third-order valence-corrected chi connectivity index (χ3v) is 2.18. The van der Waals surface area contributed by atoms with Crippen molar-refractivity contribution in [1.29, 1.82) is 0 Å². The average Bonchev–Trinajstić information content (AvgIpc) is 2.72. The Kier molecular flexibility index (Phi) is 2.96. The van der Waals surface area contributed by atoms with Crippen LogP contribution in [-0.4, -0.2) is 27.0 Å². The van der Waals surface area contributed by atoms with E-state index in [4.69, 9.17) is 15.7 Å². The number of carboxylic acids is 1. The fraction of sp³-hybridized carbons (Fsp3) is 0. The molecule has 1 aromatic carbocycles. The molecular formula is C11H9N3O4. The molecule has 3 N–H and O–H groups in total. The summed E-state index contributed by atoms with van der Waals surface area (Å²) in [6.07, 6.45) is 1.01. The van der Waals surface area contributed by atoms with Crippen molar-refractivity contribution in [3.8, 4) is 0 Å². The van der Waals surface area contributed by atoms with Crippen LogP contribution in [0.4, 0.5) is 5.82 Å². The van der Waals surface area contributed by atoms with Crippen molar-refractivity contribution >= 4 is 17.8 Å². The van der Waals surface area contributed by atoms with Crippen molar-refractivity contribution in [2.75, 3.05) is 5.73 Å². The van der Waals surface area contributed by atoms with Gasteiger partial charge in [0.25, 0.3) is 0 Å². The summed E-state index contributed by atoms with van der Waals surface area (Å²) in [4.78, 5) is 27.9. The zero-order valence-electron chi connectivity index (χ0n) is 9.11. The Morgan fingerprint density at radius 1 is 1.28 bits per heavy atom. The lowest BCUT2D eigenvalue weighted by atomic mass is 10.2. The molecule has 2 rings (SSSR count). The third-order valence-electron chi connectivity index (χ3n) is 2.18. The molecule has 18 heavy (non-hydrogen) atoms. The molecule has 1 aromatic heterocycles. The molecule has 0 bridgehead atoms. The Morgan fingerprint density at radius 2 is 1.94 bits per heavy atom. The van der Waals surface area contributed by atoms with Gasteiger partial charge in [-0.05, 0) is 12.1 Å². The molecule has 0 unspecified atom stereocenters. The van der Waals surface area contributed by atoms with Gasteiger partial charge in [0.1, 0.15) is 5.56 Å². The molecule has 2 aromatic rings. The lowest BCUT2D eigenvalue weighted by Crippen LogP contribution is -2.22. The van der Waals surface area contributed by atoms with Crippen LogP contribution in [-0.2, 0) is 0 Å². The molecule has 1 heterocycles. The Bertz CT molecular complexity index is 592. The summed E-state index contributed by atoms with van der Waals surface area (Å²) in [6, 6.07) is 8.21. The minimum atomic E-state index is -1.24. The average molecular weight is 247 g/mol. The SMILES string of the molecule is Nc1c(C(=O)O)cnn1OC(=O)c1ccccc1. The maximum absolute atomic E-state index is 11.7. The number of benzene rings is 1. The molecule has 92 valence electrons. The molecular weight excluding hydrogens is 238 g/mol. The van der Waals surface area contributed by atoms with Crippen molar-refractivity contribution in [3.63, 3.8) is 0 Å².